The lowest BCUT2D eigenvalue weighted by Crippen LogP contribution is -2.54. The molecule has 0 aromatic heterocycles. The van der Waals surface area contributed by atoms with Gasteiger partial charge in [-0.2, -0.15) is 0 Å². The molecular formula is C9H18N2. The van der Waals surface area contributed by atoms with Crippen molar-refractivity contribution in [1.82, 2.24) is 10.2 Å². The SMILES string of the molecule is CC1CNCC1N1CCC1C. The van der Waals surface area contributed by atoms with Gasteiger partial charge in [-0.1, -0.05) is 6.92 Å². The predicted molar refractivity (Wildman–Crippen MR) is 46.6 cm³/mol. The summed E-state index contributed by atoms with van der Waals surface area (Å²) in [4.78, 5) is 2.64. The topological polar surface area (TPSA) is 15.3 Å². The summed E-state index contributed by atoms with van der Waals surface area (Å²) in [5, 5.41) is 3.45. The number of hydrogen-bond donors (Lipinski definition) is 1. The van der Waals surface area contributed by atoms with Gasteiger partial charge in [0.15, 0.2) is 0 Å². The van der Waals surface area contributed by atoms with Gasteiger partial charge in [-0.15, -0.1) is 0 Å². The third-order valence-electron chi connectivity index (χ3n) is 3.27. The minimum atomic E-state index is 0.832. The molecule has 2 fully saturated rings. The van der Waals surface area contributed by atoms with Gasteiger partial charge in [-0.25, -0.2) is 0 Å². The molecule has 64 valence electrons. The van der Waals surface area contributed by atoms with E-state index in [0.717, 1.165) is 18.0 Å². The van der Waals surface area contributed by atoms with Gasteiger partial charge in [0.2, 0.25) is 0 Å². The molecule has 2 heterocycles. The Bertz CT molecular complexity index is 146. The maximum absolute atomic E-state index is 3.45. The van der Waals surface area contributed by atoms with Crippen LogP contribution in [0.15, 0.2) is 0 Å². The van der Waals surface area contributed by atoms with Crippen molar-refractivity contribution in [3.05, 3.63) is 0 Å². The summed E-state index contributed by atoms with van der Waals surface area (Å²) in [5.41, 5.74) is 0. The molecule has 2 rings (SSSR count). The Kier molecular flexibility index (Phi) is 1.90. The van der Waals surface area contributed by atoms with Crippen molar-refractivity contribution in [2.75, 3.05) is 19.6 Å². The van der Waals surface area contributed by atoms with E-state index in [0.29, 0.717) is 0 Å². The van der Waals surface area contributed by atoms with Crippen molar-refractivity contribution < 1.29 is 0 Å². The minimum Gasteiger partial charge on any atom is -0.315 e. The fraction of sp³-hybridized carbons (Fsp3) is 1.00. The fourth-order valence-corrected chi connectivity index (χ4v) is 2.27. The van der Waals surface area contributed by atoms with E-state index in [1.165, 1.54) is 26.1 Å². The first-order valence-corrected chi connectivity index (χ1v) is 4.75. The molecule has 0 spiro atoms. The molecule has 2 aliphatic rings. The molecule has 3 unspecified atom stereocenters. The van der Waals surface area contributed by atoms with Crippen LogP contribution in [-0.4, -0.2) is 36.6 Å². The largest absolute Gasteiger partial charge is 0.315 e. The van der Waals surface area contributed by atoms with Crippen LogP contribution >= 0.6 is 0 Å². The quantitative estimate of drug-likeness (QED) is 0.598. The van der Waals surface area contributed by atoms with Gasteiger partial charge in [-0.3, -0.25) is 4.90 Å². The molecular weight excluding hydrogens is 136 g/mol. The molecule has 2 aliphatic heterocycles. The lowest BCUT2D eigenvalue weighted by molar-refractivity contribution is 0.0446. The number of rotatable bonds is 1. The number of likely N-dealkylation sites (tertiary alicyclic amines) is 1. The van der Waals surface area contributed by atoms with Gasteiger partial charge < -0.3 is 5.32 Å². The molecule has 2 nitrogen and oxygen atoms in total. The summed E-state index contributed by atoms with van der Waals surface area (Å²) in [5.74, 6) is 0.859. The van der Waals surface area contributed by atoms with E-state index in [4.69, 9.17) is 0 Å². The van der Waals surface area contributed by atoms with Crippen molar-refractivity contribution in [1.29, 1.82) is 0 Å². The Morgan fingerprint density at radius 2 is 2.09 bits per heavy atom. The summed E-state index contributed by atoms with van der Waals surface area (Å²) in [6.07, 6.45) is 1.41. The number of nitrogens with zero attached hydrogens (tertiary/aromatic N) is 1. The molecule has 0 amide bonds. The van der Waals surface area contributed by atoms with Gasteiger partial charge in [0.25, 0.3) is 0 Å². The lowest BCUT2D eigenvalue weighted by Gasteiger charge is -2.44. The average molecular weight is 154 g/mol. The summed E-state index contributed by atoms with van der Waals surface area (Å²) in [6.45, 7) is 8.46. The van der Waals surface area contributed by atoms with Gasteiger partial charge in [0, 0.05) is 25.2 Å². The van der Waals surface area contributed by atoms with E-state index in [-0.39, 0.29) is 0 Å². The van der Waals surface area contributed by atoms with E-state index < -0.39 is 0 Å². The Morgan fingerprint density at radius 1 is 1.27 bits per heavy atom. The van der Waals surface area contributed by atoms with Crippen LogP contribution in [0.1, 0.15) is 20.3 Å². The van der Waals surface area contributed by atoms with Crippen LogP contribution in [0.5, 0.6) is 0 Å². The van der Waals surface area contributed by atoms with Gasteiger partial charge in [-0.05, 0) is 25.8 Å². The van der Waals surface area contributed by atoms with Crippen LogP contribution < -0.4 is 5.32 Å². The van der Waals surface area contributed by atoms with Gasteiger partial charge in [0.1, 0.15) is 0 Å². The van der Waals surface area contributed by atoms with Crippen molar-refractivity contribution in [2.24, 2.45) is 5.92 Å². The van der Waals surface area contributed by atoms with Crippen molar-refractivity contribution in [3.63, 3.8) is 0 Å². The van der Waals surface area contributed by atoms with Crippen molar-refractivity contribution in [2.45, 2.75) is 32.4 Å². The second-order valence-corrected chi connectivity index (χ2v) is 4.08. The summed E-state index contributed by atoms with van der Waals surface area (Å²) in [6, 6.07) is 1.68. The van der Waals surface area contributed by atoms with Crippen molar-refractivity contribution >= 4 is 0 Å². The summed E-state index contributed by atoms with van der Waals surface area (Å²) >= 11 is 0. The summed E-state index contributed by atoms with van der Waals surface area (Å²) < 4.78 is 0. The van der Waals surface area contributed by atoms with Crippen LogP contribution in [0.3, 0.4) is 0 Å². The van der Waals surface area contributed by atoms with Crippen LogP contribution in [0.2, 0.25) is 0 Å². The maximum Gasteiger partial charge on any atom is 0.0261 e. The highest BCUT2D eigenvalue weighted by Crippen LogP contribution is 2.25. The molecule has 1 N–H and O–H groups in total. The van der Waals surface area contributed by atoms with E-state index in [1.807, 2.05) is 0 Å². The Balaban J connectivity index is 1.93. The van der Waals surface area contributed by atoms with E-state index >= 15 is 0 Å². The fourth-order valence-electron chi connectivity index (χ4n) is 2.27. The molecule has 2 saturated heterocycles. The standard InChI is InChI=1S/C9H18N2/c1-7-5-10-6-9(7)11-4-3-8(11)2/h7-10H,3-6H2,1-2H3. The second-order valence-electron chi connectivity index (χ2n) is 4.08. The highest BCUT2D eigenvalue weighted by atomic mass is 15.3. The Morgan fingerprint density at radius 3 is 2.45 bits per heavy atom. The Hall–Kier alpha value is -0.0800. The third-order valence-corrected chi connectivity index (χ3v) is 3.27. The van der Waals surface area contributed by atoms with Gasteiger partial charge >= 0.3 is 0 Å². The molecule has 0 aliphatic carbocycles. The average Bonchev–Trinajstić information content (AvgIpc) is 2.34. The number of nitrogens with one attached hydrogen (secondary N) is 1. The molecule has 0 bridgehead atoms. The van der Waals surface area contributed by atoms with Crippen LogP contribution in [0, 0.1) is 5.92 Å². The highest BCUT2D eigenvalue weighted by molar-refractivity contribution is 4.92. The zero-order valence-electron chi connectivity index (χ0n) is 7.51. The zero-order valence-corrected chi connectivity index (χ0v) is 7.51. The molecule has 0 saturated carbocycles. The van der Waals surface area contributed by atoms with Gasteiger partial charge in [0.05, 0.1) is 0 Å². The third kappa shape index (κ3) is 1.18. The smallest absolute Gasteiger partial charge is 0.0261 e. The van der Waals surface area contributed by atoms with Crippen LogP contribution in [0.25, 0.3) is 0 Å². The zero-order chi connectivity index (χ0) is 7.84. The van der Waals surface area contributed by atoms with Crippen LogP contribution in [-0.2, 0) is 0 Å². The molecule has 3 atom stereocenters. The maximum atomic E-state index is 3.45. The lowest BCUT2D eigenvalue weighted by atomic mass is 9.96. The van der Waals surface area contributed by atoms with E-state index in [1.54, 1.807) is 0 Å². The number of hydrogen-bond acceptors (Lipinski definition) is 2. The van der Waals surface area contributed by atoms with E-state index in [2.05, 4.69) is 24.1 Å². The molecule has 11 heavy (non-hydrogen) atoms. The van der Waals surface area contributed by atoms with E-state index in [9.17, 15) is 0 Å². The molecule has 2 heteroatoms. The second kappa shape index (κ2) is 2.76. The molecule has 0 radical (unpaired) electrons. The minimum absolute atomic E-state index is 0.832. The highest BCUT2D eigenvalue weighted by Gasteiger charge is 2.35. The first-order chi connectivity index (χ1) is 5.29. The Labute approximate surface area is 69.0 Å². The van der Waals surface area contributed by atoms with Crippen LogP contribution in [0.4, 0.5) is 0 Å². The first kappa shape index (κ1) is 7.56. The normalized spacial score (nSPS) is 45.8. The van der Waals surface area contributed by atoms with Crippen molar-refractivity contribution in [3.8, 4) is 0 Å². The first-order valence-electron chi connectivity index (χ1n) is 4.75. The molecule has 0 aromatic carbocycles. The molecule has 0 aromatic rings. The predicted octanol–water partition coefficient (Wildman–Crippen LogP) is 0.689. The monoisotopic (exact) mass is 154 g/mol. The summed E-state index contributed by atoms with van der Waals surface area (Å²) in [7, 11) is 0.